The number of hydrogen-bond donors (Lipinski definition) is 0. The molecule has 0 aromatic carbocycles. The van der Waals surface area contributed by atoms with Crippen LogP contribution in [0, 0.1) is 10.1 Å². The Labute approximate surface area is 159 Å². The van der Waals surface area contributed by atoms with Crippen LogP contribution in [0.3, 0.4) is 0 Å². The Kier molecular flexibility index (Phi) is 17.0. The SMILES string of the molecule is C=CCOC(=O)CCCCCCC/C(=C\CCCCCCCC)[N+](=O)[O-]. The van der Waals surface area contributed by atoms with Gasteiger partial charge < -0.3 is 4.74 Å². The summed E-state index contributed by atoms with van der Waals surface area (Å²) in [6, 6.07) is 0. The van der Waals surface area contributed by atoms with Gasteiger partial charge in [-0.2, -0.15) is 0 Å². The van der Waals surface area contributed by atoms with E-state index in [4.69, 9.17) is 4.74 Å². The number of nitrogens with zero attached hydrogens (tertiary/aromatic N) is 1. The number of allylic oxidation sites excluding steroid dienone is 2. The summed E-state index contributed by atoms with van der Waals surface area (Å²) in [6.07, 6.45) is 17.0. The Morgan fingerprint density at radius 1 is 0.962 bits per heavy atom. The third kappa shape index (κ3) is 15.9. The van der Waals surface area contributed by atoms with Gasteiger partial charge in [-0.25, -0.2) is 0 Å². The van der Waals surface area contributed by atoms with E-state index in [2.05, 4.69) is 13.5 Å². The van der Waals surface area contributed by atoms with Crippen molar-refractivity contribution in [3.05, 3.63) is 34.5 Å². The zero-order chi connectivity index (χ0) is 19.5. The molecule has 0 N–H and O–H groups in total. The number of carbonyl (C=O) groups is 1. The molecule has 0 saturated heterocycles. The van der Waals surface area contributed by atoms with Gasteiger partial charge >= 0.3 is 5.97 Å². The van der Waals surface area contributed by atoms with Gasteiger partial charge in [-0.3, -0.25) is 14.9 Å². The molecule has 150 valence electrons. The molecule has 0 bridgehead atoms. The van der Waals surface area contributed by atoms with Gasteiger partial charge in [-0.05, 0) is 31.8 Å². The Hall–Kier alpha value is -1.65. The molecule has 5 nitrogen and oxygen atoms in total. The van der Waals surface area contributed by atoms with Crippen LogP contribution in [-0.4, -0.2) is 17.5 Å². The van der Waals surface area contributed by atoms with E-state index < -0.39 is 0 Å². The lowest BCUT2D eigenvalue weighted by molar-refractivity contribution is -0.428. The Bertz CT molecular complexity index is 418. The average Bonchev–Trinajstić information content (AvgIpc) is 2.62. The molecule has 0 fully saturated rings. The second-order valence-corrected chi connectivity index (χ2v) is 6.75. The maximum Gasteiger partial charge on any atom is 0.306 e. The molecule has 0 amide bonds. The van der Waals surface area contributed by atoms with Gasteiger partial charge in [0.25, 0.3) is 0 Å². The number of esters is 1. The molecule has 0 radical (unpaired) electrons. The van der Waals surface area contributed by atoms with Crippen molar-refractivity contribution in [2.45, 2.75) is 96.8 Å². The molecule has 0 aliphatic heterocycles. The molecule has 5 heteroatoms. The minimum atomic E-state index is -0.229. The molecule has 0 rings (SSSR count). The van der Waals surface area contributed by atoms with Crippen LogP contribution >= 0.6 is 0 Å². The van der Waals surface area contributed by atoms with Crippen molar-refractivity contribution in [1.29, 1.82) is 0 Å². The van der Waals surface area contributed by atoms with Gasteiger partial charge in [0, 0.05) is 12.8 Å². The predicted molar refractivity (Wildman–Crippen MR) is 107 cm³/mol. The highest BCUT2D eigenvalue weighted by molar-refractivity contribution is 5.69. The molecule has 0 aromatic heterocycles. The lowest BCUT2D eigenvalue weighted by Gasteiger charge is -2.03. The second kappa shape index (κ2) is 18.2. The highest BCUT2D eigenvalue weighted by atomic mass is 16.6. The van der Waals surface area contributed by atoms with Crippen LogP contribution in [-0.2, 0) is 9.53 Å². The summed E-state index contributed by atoms with van der Waals surface area (Å²) >= 11 is 0. The molecule has 0 heterocycles. The van der Waals surface area contributed by atoms with E-state index in [-0.39, 0.29) is 17.5 Å². The normalized spacial score (nSPS) is 11.3. The molecule has 26 heavy (non-hydrogen) atoms. The van der Waals surface area contributed by atoms with E-state index >= 15 is 0 Å². The summed E-state index contributed by atoms with van der Waals surface area (Å²) in [5, 5.41) is 11.1. The number of unbranched alkanes of at least 4 members (excludes halogenated alkanes) is 10. The summed E-state index contributed by atoms with van der Waals surface area (Å²) in [7, 11) is 0. The number of nitro groups is 1. The highest BCUT2D eigenvalue weighted by Crippen LogP contribution is 2.15. The third-order valence-corrected chi connectivity index (χ3v) is 4.35. The Morgan fingerprint density at radius 3 is 2.15 bits per heavy atom. The lowest BCUT2D eigenvalue weighted by Crippen LogP contribution is -2.03. The zero-order valence-corrected chi connectivity index (χ0v) is 16.5. The summed E-state index contributed by atoms with van der Waals surface area (Å²) in [5.41, 5.74) is 0.367. The van der Waals surface area contributed by atoms with Gasteiger partial charge in [-0.15, -0.1) is 0 Å². The minimum Gasteiger partial charge on any atom is -0.461 e. The zero-order valence-electron chi connectivity index (χ0n) is 16.5. The van der Waals surface area contributed by atoms with Gasteiger partial charge in [0.05, 0.1) is 4.92 Å². The van der Waals surface area contributed by atoms with Crippen molar-refractivity contribution in [2.24, 2.45) is 0 Å². The maximum absolute atomic E-state index is 11.3. The topological polar surface area (TPSA) is 69.4 Å². The van der Waals surface area contributed by atoms with E-state index in [1.807, 2.05) is 6.08 Å². The fourth-order valence-corrected chi connectivity index (χ4v) is 2.79. The van der Waals surface area contributed by atoms with Gasteiger partial charge in [0.1, 0.15) is 6.61 Å². The van der Waals surface area contributed by atoms with Crippen LogP contribution in [0.25, 0.3) is 0 Å². The number of ether oxygens (including phenoxy) is 1. The predicted octanol–water partition coefficient (Wildman–Crippen LogP) is 6.36. The van der Waals surface area contributed by atoms with Crippen molar-refractivity contribution in [2.75, 3.05) is 6.61 Å². The molecular weight excluding hydrogens is 330 g/mol. The van der Waals surface area contributed by atoms with Crippen molar-refractivity contribution >= 4 is 5.97 Å². The van der Waals surface area contributed by atoms with Crippen molar-refractivity contribution in [3.63, 3.8) is 0 Å². The monoisotopic (exact) mass is 367 g/mol. The van der Waals surface area contributed by atoms with E-state index in [9.17, 15) is 14.9 Å². The highest BCUT2D eigenvalue weighted by Gasteiger charge is 2.09. The van der Waals surface area contributed by atoms with Crippen LogP contribution in [0.4, 0.5) is 0 Å². The van der Waals surface area contributed by atoms with E-state index in [1.165, 1.54) is 25.7 Å². The Morgan fingerprint density at radius 2 is 1.54 bits per heavy atom. The first-order chi connectivity index (χ1) is 12.6. The first-order valence-corrected chi connectivity index (χ1v) is 10.2. The van der Waals surface area contributed by atoms with E-state index in [0.717, 1.165) is 51.4 Å². The third-order valence-electron chi connectivity index (χ3n) is 4.35. The lowest BCUT2D eigenvalue weighted by atomic mass is 10.1. The quantitative estimate of drug-likeness (QED) is 0.0929. The number of hydrogen-bond acceptors (Lipinski definition) is 4. The second-order valence-electron chi connectivity index (χ2n) is 6.75. The maximum atomic E-state index is 11.3. The van der Waals surface area contributed by atoms with Crippen molar-refractivity contribution in [3.8, 4) is 0 Å². The van der Waals surface area contributed by atoms with Gasteiger partial charge in [-0.1, -0.05) is 70.9 Å². The van der Waals surface area contributed by atoms with Crippen LogP contribution in [0.1, 0.15) is 96.8 Å². The fourth-order valence-electron chi connectivity index (χ4n) is 2.79. The first-order valence-electron chi connectivity index (χ1n) is 10.2. The molecular formula is C21H37NO4. The summed E-state index contributed by atoms with van der Waals surface area (Å²) < 4.78 is 4.91. The molecule has 0 unspecified atom stereocenters. The number of rotatable bonds is 18. The fraction of sp³-hybridized carbons (Fsp3) is 0.762. The van der Waals surface area contributed by atoms with Crippen molar-refractivity contribution in [1.82, 2.24) is 0 Å². The largest absolute Gasteiger partial charge is 0.461 e. The van der Waals surface area contributed by atoms with Crippen LogP contribution in [0.2, 0.25) is 0 Å². The first kappa shape index (κ1) is 24.4. The summed E-state index contributed by atoms with van der Waals surface area (Å²) in [4.78, 5) is 22.2. The molecule has 0 aromatic rings. The van der Waals surface area contributed by atoms with E-state index in [1.54, 1.807) is 6.08 Å². The number of carbonyl (C=O) groups excluding carboxylic acids is 1. The standard InChI is InChI=1S/C21H37NO4/c1-3-5-6-7-8-10-13-16-20(22(24)25)17-14-11-9-12-15-18-21(23)26-19-4-2/h4,16H,2-3,5-15,17-19H2,1H3/b20-16+. The Balaban J connectivity index is 3.70. The minimum absolute atomic E-state index is 0.182. The summed E-state index contributed by atoms with van der Waals surface area (Å²) in [6.45, 7) is 5.97. The average molecular weight is 368 g/mol. The molecule has 0 aliphatic rings. The molecule has 0 saturated carbocycles. The van der Waals surface area contributed by atoms with Gasteiger partial charge in [0.15, 0.2) is 0 Å². The summed E-state index contributed by atoms with van der Waals surface area (Å²) in [5.74, 6) is -0.182. The molecule has 0 aliphatic carbocycles. The van der Waals surface area contributed by atoms with Crippen LogP contribution in [0.5, 0.6) is 0 Å². The van der Waals surface area contributed by atoms with Crippen LogP contribution < -0.4 is 0 Å². The van der Waals surface area contributed by atoms with Crippen LogP contribution in [0.15, 0.2) is 24.4 Å². The van der Waals surface area contributed by atoms with Gasteiger partial charge in [0.2, 0.25) is 5.70 Å². The smallest absolute Gasteiger partial charge is 0.306 e. The molecule has 0 atom stereocenters. The van der Waals surface area contributed by atoms with E-state index in [0.29, 0.717) is 18.5 Å². The molecule has 0 spiro atoms. The van der Waals surface area contributed by atoms with Crippen molar-refractivity contribution < 1.29 is 14.5 Å².